The summed E-state index contributed by atoms with van der Waals surface area (Å²) in [6.07, 6.45) is 3.83. The van der Waals surface area contributed by atoms with Gasteiger partial charge in [-0.25, -0.2) is 4.98 Å². The van der Waals surface area contributed by atoms with Crippen molar-refractivity contribution in [1.82, 2.24) is 14.5 Å². The molecule has 0 unspecified atom stereocenters. The molecule has 0 spiro atoms. The number of aromatic nitrogens is 2. The van der Waals surface area contributed by atoms with E-state index in [-0.39, 0.29) is 11.5 Å². The van der Waals surface area contributed by atoms with Gasteiger partial charge in [-0.2, -0.15) is 0 Å². The normalized spacial score (nSPS) is 14.6. The van der Waals surface area contributed by atoms with Crippen LogP contribution in [0.25, 0.3) is 10.2 Å². The molecule has 2 aromatic heterocycles. The molecule has 1 amide bonds. The summed E-state index contributed by atoms with van der Waals surface area (Å²) in [6.45, 7) is 5.78. The van der Waals surface area contributed by atoms with Crippen molar-refractivity contribution in [2.24, 2.45) is 0 Å². The summed E-state index contributed by atoms with van der Waals surface area (Å²) >= 11 is 2.78. The fourth-order valence-electron chi connectivity index (χ4n) is 2.51. The molecule has 0 radical (unpaired) electrons. The predicted octanol–water partition coefficient (Wildman–Crippen LogP) is 2.36. The first-order valence-corrected chi connectivity index (χ1v) is 9.06. The Balaban J connectivity index is 1.85. The van der Waals surface area contributed by atoms with Crippen LogP contribution >= 0.6 is 23.1 Å². The largest absolute Gasteiger partial charge is 0.342 e. The fourth-order valence-corrected chi connectivity index (χ4v) is 4.23. The van der Waals surface area contributed by atoms with Gasteiger partial charge in [0.05, 0.1) is 11.1 Å². The van der Waals surface area contributed by atoms with Gasteiger partial charge in [0.2, 0.25) is 5.91 Å². The van der Waals surface area contributed by atoms with Crippen LogP contribution in [-0.2, 0) is 11.3 Å². The number of likely N-dealkylation sites (tertiary alicyclic amines) is 1. The van der Waals surface area contributed by atoms with E-state index in [1.54, 1.807) is 16.7 Å². The van der Waals surface area contributed by atoms with E-state index < -0.39 is 0 Å². The zero-order chi connectivity index (χ0) is 15.5. The van der Waals surface area contributed by atoms with Crippen molar-refractivity contribution in [2.45, 2.75) is 24.5 Å². The second kappa shape index (κ2) is 6.66. The van der Waals surface area contributed by atoms with Crippen LogP contribution in [-0.4, -0.2) is 39.2 Å². The highest BCUT2D eigenvalue weighted by molar-refractivity contribution is 7.99. The Hall–Kier alpha value is -1.60. The number of nitrogens with zero attached hydrogens (tertiary/aromatic N) is 3. The molecule has 22 heavy (non-hydrogen) atoms. The third-order valence-electron chi connectivity index (χ3n) is 3.64. The van der Waals surface area contributed by atoms with Gasteiger partial charge in [0.1, 0.15) is 4.83 Å². The van der Waals surface area contributed by atoms with Crippen molar-refractivity contribution < 1.29 is 4.79 Å². The molecule has 3 rings (SSSR count). The fraction of sp³-hybridized carbons (Fsp3) is 0.400. The third kappa shape index (κ3) is 2.96. The van der Waals surface area contributed by atoms with Gasteiger partial charge in [-0.1, -0.05) is 17.8 Å². The molecule has 3 heterocycles. The second-order valence-corrected chi connectivity index (χ2v) is 6.95. The number of rotatable bonds is 5. The van der Waals surface area contributed by atoms with Crippen molar-refractivity contribution in [2.75, 3.05) is 18.8 Å². The number of allylic oxidation sites excluding steroid dienone is 1. The quantitative estimate of drug-likeness (QED) is 0.478. The van der Waals surface area contributed by atoms with E-state index in [4.69, 9.17) is 0 Å². The lowest BCUT2D eigenvalue weighted by Crippen LogP contribution is -2.29. The summed E-state index contributed by atoms with van der Waals surface area (Å²) in [4.78, 5) is 31.8. The number of thiophene rings is 1. The van der Waals surface area contributed by atoms with Crippen LogP contribution in [0.1, 0.15) is 12.8 Å². The van der Waals surface area contributed by atoms with Crippen LogP contribution in [0.15, 0.2) is 34.1 Å². The Kier molecular flexibility index (Phi) is 4.63. The first kappa shape index (κ1) is 15.3. The molecular weight excluding hydrogens is 318 g/mol. The minimum Gasteiger partial charge on any atom is -0.342 e. The van der Waals surface area contributed by atoms with E-state index >= 15 is 0 Å². The molecule has 0 aliphatic carbocycles. The summed E-state index contributed by atoms with van der Waals surface area (Å²) in [5, 5.41) is 3.08. The van der Waals surface area contributed by atoms with Crippen LogP contribution in [0.2, 0.25) is 0 Å². The van der Waals surface area contributed by atoms with Crippen molar-refractivity contribution in [1.29, 1.82) is 0 Å². The number of carbonyl (C=O) groups excluding carboxylic acids is 1. The minimum atomic E-state index is -0.0673. The molecule has 1 aliphatic heterocycles. The van der Waals surface area contributed by atoms with Crippen molar-refractivity contribution >= 4 is 39.2 Å². The first-order valence-electron chi connectivity index (χ1n) is 7.20. The summed E-state index contributed by atoms with van der Waals surface area (Å²) in [6, 6.07) is 1.79. The maximum atomic E-state index is 12.5. The van der Waals surface area contributed by atoms with Crippen LogP contribution in [0.5, 0.6) is 0 Å². The topological polar surface area (TPSA) is 55.2 Å². The average molecular weight is 335 g/mol. The zero-order valence-corrected chi connectivity index (χ0v) is 13.8. The molecule has 1 fully saturated rings. The lowest BCUT2D eigenvalue weighted by atomic mass is 10.4. The van der Waals surface area contributed by atoms with Gasteiger partial charge in [0, 0.05) is 19.6 Å². The molecule has 0 bridgehead atoms. The van der Waals surface area contributed by atoms with Gasteiger partial charge in [-0.15, -0.1) is 17.9 Å². The van der Waals surface area contributed by atoms with Gasteiger partial charge >= 0.3 is 0 Å². The van der Waals surface area contributed by atoms with Gasteiger partial charge in [-0.05, 0) is 24.3 Å². The minimum absolute atomic E-state index is 0.0673. The maximum Gasteiger partial charge on any atom is 0.263 e. The highest BCUT2D eigenvalue weighted by Crippen LogP contribution is 2.22. The number of hydrogen-bond donors (Lipinski definition) is 0. The smallest absolute Gasteiger partial charge is 0.263 e. The average Bonchev–Trinajstić information content (AvgIpc) is 3.18. The monoisotopic (exact) mass is 335 g/mol. The number of carbonyl (C=O) groups is 1. The highest BCUT2D eigenvalue weighted by atomic mass is 32.2. The number of thioether (sulfide) groups is 1. The summed E-state index contributed by atoms with van der Waals surface area (Å²) < 4.78 is 1.59. The summed E-state index contributed by atoms with van der Waals surface area (Å²) in [5.74, 6) is 0.439. The molecule has 116 valence electrons. The Labute approximate surface area is 136 Å². The molecular formula is C15H17N3O2S2. The molecule has 0 saturated carbocycles. The molecule has 0 atom stereocenters. The Morgan fingerprint density at radius 2 is 2.23 bits per heavy atom. The number of hydrogen-bond acceptors (Lipinski definition) is 5. The van der Waals surface area contributed by atoms with Gasteiger partial charge < -0.3 is 4.90 Å². The van der Waals surface area contributed by atoms with Crippen LogP contribution in [0.3, 0.4) is 0 Å². The maximum absolute atomic E-state index is 12.5. The van der Waals surface area contributed by atoms with Crippen LogP contribution in [0, 0.1) is 0 Å². The predicted molar refractivity (Wildman–Crippen MR) is 90.6 cm³/mol. The van der Waals surface area contributed by atoms with Crippen LogP contribution < -0.4 is 5.56 Å². The van der Waals surface area contributed by atoms with Crippen molar-refractivity contribution in [3.05, 3.63) is 34.5 Å². The van der Waals surface area contributed by atoms with Crippen LogP contribution in [0.4, 0.5) is 0 Å². The van der Waals surface area contributed by atoms with E-state index in [0.29, 0.717) is 22.8 Å². The van der Waals surface area contributed by atoms with Gasteiger partial charge in [0.25, 0.3) is 5.56 Å². The van der Waals surface area contributed by atoms with E-state index in [1.165, 1.54) is 23.1 Å². The Morgan fingerprint density at radius 1 is 1.45 bits per heavy atom. The molecule has 7 heteroatoms. The summed E-state index contributed by atoms with van der Waals surface area (Å²) in [5.41, 5.74) is -0.0673. The standard InChI is InChI=1S/C15H17N3O2S2/c1-2-6-18-14(20)11-5-9-21-13(11)16-15(18)22-10-12(19)17-7-3-4-8-17/h2,5,9H,1,3-4,6-8,10H2. The molecule has 5 nitrogen and oxygen atoms in total. The lowest BCUT2D eigenvalue weighted by Gasteiger charge is -2.15. The van der Waals surface area contributed by atoms with Crippen molar-refractivity contribution in [3.8, 4) is 0 Å². The molecule has 0 N–H and O–H groups in total. The summed E-state index contributed by atoms with van der Waals surface area (Å²) in [7, 11) is 0. The first-order chi connectivity index (χ1) is 10.7. The number of amides is 1. The number of fused-ring (bicyclic) bond motifs is 1. The van der Waals surface area contributed by atoms with Gasteiger partial charge in [0.15, 0.2) is 5.16 Å². The Bertz CT molecular complexity index is 760. The molecule has 1 aliphatic rings. The van der Waals surface area contributed by atoms with Crippen molar-refractivity contribution in [3.63, 3.8) is 0 Å². The lowest BCUT2D eigenvalue weighted by molar-refractivity contribution is -0.127. The van der Waals surface area contributed by atoms with E-state index in [2.05, 4.69) is 11.6 Å². The SMILES string of the molecule is C=CCn1c(SCC(=O)N2CCCC2)nc2sccc2c1=O. The molecule has 1 saturated heterocycles. The Morgan fingerprint density at radius 3 is 2.95 bits per heavy atom. The zero-order valence-electron chi connectivity index (χ0n) is 12.2. The third-order valence-corrected chi connectivity index (χ3v) is 5.41. The molecule has 0 aromatic carbocycles. The van der Waals surface area contributed by atoms with Gasteiger partial charge in [-0.3, -0.25) is 14.2 Å². The van der Waals surface area contributed by atoms with E-state index in [1.807, 2.05) is 10.3 Å². The van der Waals surface area contributed by atoms with E-state index in [0.717, 1.165) is 30.8 Å². The van der Waals surface area contributed by atoms with E-state index in [9.17, 15) is 9.59 Å². The molecule has 2 aromatic rings. The highest BCUT2D eigenvalue weighted by Gasteiger charge is 2.19. The second-order valence-electron chi connectivity index (χ2n) is 5.11.